The third kappa shape index (κ3) is 2.28. The molecular formula is C11H12N3O+. The van der Waals surface area contributed by atoms with Gasteiger partial charge in [-0.3, -0.25) is 4.79 Å². The van der Waals surface area contributed by atoms with Crippen molar-refractivity contribution in [1.82, 2.24) is 5.10 Å². The van der Waals surface area contributed by atoms with Gasteiger partial charge in [-0.15, -0.1) is 0 Å². The molecule has 0 unspecified atom stereocenters. The van der Waals surface area contributed by atoms with Gasteiger partial charge in [0.1, 0.15) is 6.20 Å². The lowest BCUT2D eigenvalue weighted by atomic mass is 10.2. The molecule has 2 aromatic rings. The number of primary amides is 1. The van der Waals surface area contributed by atoms with Gasteiger partial charge in [-0.2, -0.15) is 0 Å². The van der Waals surface area contributed by atoms with Gasteiger partial charge >= 0.3 is 0 Å². The molecule has 1 amide bonds. The number of carbonyl (C=O) groups excluding carboxylic acids is 1. The molecule has 0 radical (unpaired) electrons. The van der Waals surface area contributed by atoms with Crippen molar-refractivity contribution in [2.45, 2.75) is 13.0 Å². The SMILES string of the molecule is NC(=O)CC[n+]1cc2ccccc2cn1. The number of hydrogen-bond donors (Lipinski definition) is 1. The van der Waals surface area contributed by atoms with Crippen LogP contribution in [0.4, 0.5) is 0 Å². The number of nitrogens with two attached hydrogens (primary N) is 1. The highest BCUT2D eigenvalue weighted by Gasteiger charge is 2.06. The van der Waals surface area contributed by atoms with Crippen LogP contribution in [0.2, 0.25) is 0 Å². The third-order valence-electron chi connectivity index (χ3n) is 2.22. The summed E-state index contributed by atoms with van der Waals surface area (Å²) in [6.07, 6.45) is 4.02. The molecule has 0 saturated carbocycles. The van der Waals surface area contributed by atoms with Gasteiger partial charge in [0.2, 0.25) is 12.1 Å². The summed E-state index contributed by atoms with van der Waals surface area (Å²) in [7, 11) is 0. The Morgan fingerprint density at radius 3 is 2.80 bits per heavy atom. The number of aromatic nitrogens is 2. The van der Waals surface area contributed by atoms with E-state index in [1.165, 1.54) is 0 Å². The zero-order valence-corrected chi connectivity index (χ0v) is 8.26. The minimum Gasteiger partial charge on any atom is -0.369 e. The van der Waals surface area contributed by atoms with E-state index in [0.29, 0.717) is 13.0 Å². The Bertz CT molecular complexity index is 496. The molecule has 4 nitrogen and oxygen atoms in total. The van der Waals surface area contributed by atoms with Crippen molar-refractivity contribution in [3.8, 4) is 0 Å². The first-order valence-corrected chi connectivity index (χ1v) is 4.78. The number of carbonyl (C=O) groups is 1. The Kier molecular flexibility index (Phi) is 2.58. The van der Waals surface area contributed by atoms with Crippen molar-refractivity contribution in [1.29, 1.82) is 0 Å². The Hall–Kier alpha value is -1.97. The molecule has 0 bridgehead atoms. The van der Waals surface area contributed by atoms with Gasteiger partial charge < -0.3 is 5.73 Å². The van der Waals surface area contributed by atoms with E-state index in [-0.39, 0.29) is 5.91 Å². The van der Waals surface area contributed by atoms with Crippen LogP contribution in [0.1, 0.15) is 6.42 Å². The molecule has 2 rings (SSSR count). The molecule has 15 heavy (non-hydrogen) atoms. The second kappa shape index (κ2) is 4.04. The molecule has 2 N–H and O–H groups in total. The molecule has 1 aromatic carbocycles. The average molecular weight is 202 g/mol. The van der Waals surface area contributed by atoms with Crippen molar-refractivity contribution < 1.29 is 9.48 Å². The van der Waals surface area contributed by atoms with E-state index in [2.05, 4.69) is 5.10 Å². The van der Waals surface area contributed by atoms with E-state index in [9.17, 15) is 4.79 Å². The van der Waals surface area contributed by atoms with E-state index in [0.717, 1.165) is 10.8 Å². The number of fused-ring (bicyclic) bond motifs is 1. The largest absolute Gasteiger partial charge is 0.369 e. The third-order valence-corrected chi connectivity index (χ3v) is 2.22. The summed E-state index contributed by atoms with van der Waals surface area (Å²) >= 11 is 0. The lowest BCUT2D eigenvalue weighted by molar-refractivity contribution is -0.751. The van der Waals surface area contributed by atoms with Gasteiger partial charge in [0, 0.05) is 10.8 Å². The van der Waals surface area contributed by atoms with Crippen LogP contribution >= 0.6 is 0 Å². The lowest BCUT2D eigenvalue weighted by Gasteiger charge is -1.95. The zero-order chi connectivity index (χ0) is 10.7. The number of rotatable bonds is 3. The fraction of sp³-hybridized carbons (Fsp3) is 0.182. The summed E-state index contributed by atoms with van der Waals surface area (Å²) in [5.41, 5.74) is 5.07. The topological polar surface area (TPSA) is 59.9 Å². The van der Waals surface area contributed by atoms with Gasteiger partial charge in [-0.05, 0) is 11.2 Å². The monoisotopic (exact) mass is 202 g/mol. The molecule has 1 aromatic heterocycles. The number of hydrogen-bond acceptors (Lipinski definition) is 2. The molecule has 0 aliphatic carbocycles. The predicted octanol–water partition coefficient (Wildman–Crippen LogP) is 0.398. The van der Waals surface area contributed by atoms with Gasteiger partial charge in [0.05, 0.1) is 6.42 Å². The Morgan fingerprint density at radius 2 is 2.07 bits per heavy atom. The maximum atomic E-state index is 10.6. The minimum absolute atomic E-state index is 0.308. The lowest BCUT2D eigenvalue weighted by Crippen LogP contribution is -2.39. The first-order chi connectivity index (χ1) is 7.25. The van der Waals surface area contributed by atoms with Crippen LogP contribution in [0.5, 0.6) is 0 Å². The summed E-state index contributed by atoms with van der Waals surface area (Å²) in [5.74, 6) is -0.308. The van der Waals surface area contributed by atoms with Crippen molar-refractivity contribution >= 4 is 16.7 Å². The first-order valence-electron chi connectivity index (χ1n) is 4.78. The van der Waals surface area contributed by atoms with Crippen molar-refractivity contribution in [2.24, 2.45) is 5.73 Å². The quantitative estimate of drug-likeness (QED) is 0.732. The summed E-state index contributed by atoms with van der Waals surface area (Å²) < 4.78 is 1.73. The molecule has 0 spiro atoms. The maximum Gasteiger partial charge on any atom is 0.223 e. The molecule has 0 saturated heterocycles. The summed E-state index contributed by atoms with van der Waals surface area (Å²) in [4.78, 5) is 10.6. The van der Waals surface area contributed by atoms with Crippen LogP contribution in [0.25, 0.3) is 10.8 Å². The molecular weight excluding hydrogens is 190 g/mol. The highest BCUT2D eigenvalue weighted by Crippen LogP contribution is 2.08. The number of aryl methyl sites for hydroxylation is 1. The van der Waals surface area contributed by atoms with Crippen LogP contribution in [-0.2, 0) is 11.3 Å². The normalized spacial score (nSPS) is 10.4. The predicted molar refractivity (Wildman–Crippen MR) is 55.7 cm³/mol. The molecule has 0 fully saturated rings. The first kappa shape index (κ1) is 9.58. The smallest absolute Gasteiger partial charge is 0.223 e. The average Bonchev–Trinajstić information content (AvgIpc) is 2.26. The Morgan fingerprint density at radius 1 is 1.33 bits per heavy atom. The van der Waals surface area contributed by atoms with E-state index < -0.39 is 0 Å². The molecule has 0 atom stereocenters. The van der Waals surface area contributed by atoms with Crippen LogP contribution in [0, 0.1) is 0 Å². The van der Waals surface area contributed by atoms with Crippen LogP contribution < -0.4 is 10.4 Å². The number of nitrogens with zero attached hydrogens (tertiary/aromatic N) is 2. The van der Waals surface area contributed by atoms with Crippen LogP contribution in [0.3, 0.4) is 0 Å². The van der Waals surface area contributed by atoms with Crippen molar-refractivity contribution in [2.75, 3.05) is 0 Å². The Balaban J connectivity index is 2.26. The standard InChI is InChI=1S/C11H11N3O/c12-11(15)5-6-14-8-10-4-2-1-3-9(10)7-13-14/h1-4,7-8H,5-6H2,(H-,12,15)/p+1. The van der Waals surface area contributed by atoms with Crippen LogP contribution in [-0.4, -0.2) is 11.0 Å². The summed E-state index contributed by atoms with van der Waals surface area (Å²) in [6, 6.07) is 7.96. The fourth-order valence-electron chi connectivity index (χ4n) is 1.42. The number of amides is 1. The second-order valence-electron chi connectivity index (χ2n) is 3.38. The van der Waals surface area contributed by atoms with Gasteiger partial charge in [-0.1, -0.05) is 22.9 Å². The summed E-state index contributed by atoms with van der Waals surface area (Å²) in [6.45, 7) is 0.528. The van der Waals surface area contributed by atoms with Crippen molar-refractivity contribution in [3.05, 3.63) is 36.7 Å². The van der Waals surface area contributed by atoms with E-state index >= 15 is 0 Å². The maximum absolute atomic E-state index is 10.6. The van der Waals surface area contributed by atoms with E-state index in [1.54, 1.807) is 10.9 Å². The van der Waals surface area contributed by atoms with Gasteiger partial charge in [-0.25, -0.2) is 0 Å². The fourth-order valence-corrected chi connectivity index (χ4v) is 1.42. The number of benzene rings is 1. The highest BCUT2D eigenvalue weighted by molar-refractivity contribution is 5.79. The molecule has 0 aliphatic rings. The van der Waals surface area contributed by atoms with Crippen LogP contribution in [0.15, 0.2) is 36.7 Å². The highest BCUT2D eigenvalue weighted by atomic mass is 16.1. The minimum atomic E-state index is -0.308. The molecule has 1 heterocycles. The Labute approximate surface area is 87.3 Å². The second-order valence-corrected chi connectivity index (χ2v) is 3.38. The van der Waals surface area contributed by atoms with E-state index in [1.807, 2.05) is 30.5 Å². The summed E-state index contributed by atoms with van der Waals surface area (Å²) in [5, 5.41) is 6.39. The molecule has 0 aliphatic heterocycles. The molecule has 4 heteroatoms. The van der Waals surface area contributed by atoms with E-state index in [4.69, 9.17) is 5.73 Å². The zero-order valence-electron chi connectivity index (χ0n) is 8.26. The van der Waals surface area contributed by atoms with Gasteiger partial charge in [0.15, 0.2) is 6.54 Å². The van der Waals surface area contributed by atoms with Crippen molar-refractivity contribution in [3.63, 3.8) is 0 Å². The van der Waals surface area contributed by atoms with Gasteiger partial charge in [0.25, 0.3) is 0 Å². The molecule has 76 valence electrons.